The third-order valence-corrected chi connectivity index (χ3v) is 5.13. The Balaban J connectivity index is 2.01. The molecule has 1 fully saturated rings. The highest BCUT2D eigenvalue weighted by molar-refractivity contribution is 6.31. The van der Waals surface area contributed by atoms with Crippen LogP contribution in [0.4, 0.5) is 0 Å². The summed E-state index contributed by atoms with van der Waals surface area (Å²) in [4.78, 5) is 20.2. The molecular weight excluding hydrogens is 313 g/mol. The second-order valence-electron chi connectivity index (χ2n) is 6.68. The summed E-state index contributed by atoms with van der Waals surface area (Å²) in [7, 11) is 7.68. The van der Waals surface area contributed by atoms with Gasteiger partial charge in [0.2, 0.25) is 0 Å². The van der Waals surface area contributed by atoms with Crippen molar-refractivity contribution in [3.8, 4) is 11.5 Å². The van der Waals surface area contributed by atoms with Gasteiger partial charge in [-0.3, -0.25) is 0 Å². The number of aromatic carboxylic acids is 1. The van der Waals surface area contributed by atoms with Crippen molar-refractivity contribution in [1.29, 1.82) is 0 Å². The summed E-state index contributed by atoms with van der Waals surface area (Å²) >= 11 is 0. The summed E-state index contributed by atoms with van der Waals surface area (Å²) in [5.41, 5.74) is 3.91. The number of nitrogens with zero attached hydrogens (tertiary/aromatic N) is 3. The zero-order valence-corrected chi connectivity index (χ0v) is 14.1. The van der Waals surface area contributed by atoms with Gasteiger partial charge in [0.05, 0.1) is 11.3 Å². The lowest BCUT2D eigenvalue weighted by atomic mass is 9.93. The summed E-state index contributed by atoms with van der Waals surface area (Å²) < 4.78 is 2.01. The largest absolute Gasteiger partial charge is 0.478 e. The van der Waals surface area contributed by atoms with Crippen LogP contribution in [0.5, 0.6) is 0 Å². The zero-order valence-electron chi connectivity index (χ0n) is 14.1. The lowest BCUT2D eigenvalue weighted by Gasteiger charge is -2.12. The molecule has 0 saturated heterocycles. The number of aromatic nitrogens is 3. The first-order valence-corrected chi connectivity index (χ1v) is 8.50. The van der Waals surface area contributed by atoms with Crippen LogP contribution in [0.25, 0.3) is 22.4 Å². The second-order valence-corrected chi connectivity index (χ2v) is 6.68. The topological polar surface area (TPSA) is 68.0 Å². The van der Waals surface area contributed by atoms with Crippen molar-refractivity contribution in [3.05, 3.63) is 41.7 Å². The monoisotopic (exact) mass is 331 g/mol. The molecule has 0 amide bonds. The van der Waals surface area contributed by atoms with E-state index in [4.69, 9.17) is 7.85 Å². The standard InChI is InChI=1S/C19H18BN3O2/c1-23-15-8-12(19(24)25)6-7-14(15)16(11-4-2-3-5-11)17(23)18-21-9-13(20)10-22-18/h6-11H,2-5H2,1H3,(H,24,25). The van der Waals surface area contributed by atoms with E-state index in [1.54, 1.807) is 24.5 Å². The Hall–Kier alpha value is -2.63. The number of aryl methyl sites for hydroxylation is 1. The van der Waals surface area contributed by atoms with Gasteiger partial charge in [-0.05, 0) is 36.5 Å². The van der Waals surface area contributed by atoms with E-state index in [1.165, 1.54) is 18.4 Å². The Morgan fingerprint density at radius 3 is 2.56 bits per heavy atom. The van der Waals surface area contributed by atoms with Crippen molar-refractivity contribution < 1.29 is 9.90 Å². The molecule has 3 aromatic rings. The third kappa shape index (κ3) is 2.62. The maximum atomic E-state index is 11.4. The molecule has 2 aromatic heterocycles. The van der Waals surface area contributed by atoms with Crippen LogP contribution in [0.3, 0.4) is 0 Å². The first-order valence-electron chi connectivity index (χ1n) is 8.50. The molecule has 1 aliphatic carbocycles. The molecule has 0 bridgehead atoms. The van der Waals surface area contributed by atoms with Gasteiger partial charge in [-0.25, -0.2) is 14.8 Å². The molecule has 4 rings (SSSR count). The van der Waals surface area contributed by atoms with Gasteiger partial charge in [0, 0.05) is 30.3 Å². The average Bonchev–Trinajstić information content (AvgIpc) is 3.22. The first kappa shape index (κ1) is 15.9. The predicted molar refractivity (Wildman–Crippen MR) is 97.5 cm³/mol. The van der Waals surface area contributed by atoms with Crippen LogP contribution in [-0.2, 0) is 7.05 Å². The van der Waals surface area contributed by atoms with E-state index >= 15 is 0 Å². The number of hydrogen-bond donors (Lipinski definition) is 1. The first-order chi connectivity index (χ1) is 12.1. The smallest absolute Gasteiger partial charge is 0.335 e. The number of carboxylic acids is 1. The molecule has 0 atom stereocenters. The quantitative estimate of drug-likeness (QED) is 0.750. The fourth-order valence-electron chi connectivity index (χ4n) is 3.96. The molecule has 0 aliphatic heterocycles. The second kappa shape index (κ2) is 6.03. The van der Waals surface area contributed by atoms with Gasteiger partial charge < -0.3 is 9.67 Å². The summed E-state index contributed by atoms with van der Waals surface area (Å²) in [6.45, 7) is 0. The van der Waals surface area contributed by atoms with Crippen molar-refractivity contribution in [2.75, 3.05) is 0 Å². The third-order valence-electron chi connectivity index (χ3n) is 5.13. The van der Waals surface area contributed by atoms with Gasteiger partial charge in [0.1, 0.15) is 7.85 Å². The maximum Gasteiger partial charge on any atom is 0.335 e. The maximum absolute atomic E-state index is 11.4. The van der Waals surface area contributed by atoms with E-state index in [2.05, 4.69) is 9.97 Å². The van der Waals surface area contributed by atoms with Gasteiger partial charge in [-0.15, -0.1) is 0 Å². The Labute approximate surface area is 147 Å². The highest BCUT2D eigenvalue weighted by Gasteiger charge is 2.27. The fourth-order valence-corrected chi connectivity index (χ4v) is 3.96. The summed E-state index contributed by atoms with van der Waals surface area (Å²) in [5.74, 6) is 0.165. The summed E-state index contributed by atoms with van der Waals surface area (Å²) in [6, 6.07) is 5.33. The Morgan fingerprint density at radius 2 is 1.92 bits per heavy atom. The van der Waals surface area contributed by atoms with Gasteiger partial charge in [0.25, 0.3) is 0 Å². The van der Waals surface area contributed by atoms with Crippen molar-refractivity contribution in [1.82, 2.24) is 14.5 Å². The number of hydrogen-bond acceptors (Lipinski definition) is 3. The SMILES string of the molecule is [B]c1cnc(-c2c(C3CCCC3)c3ccc(C(=O)O)cc3n2C)nc1. The highest BCUT2D eigenvalue weighted by Crippen LogP contribution is 2.43. The van der Waals surface area contributed by atoms with E-state index in [0.717, 1.165) is 29.4 Å². The van der Waals surface area contributed by atoms with Gasteiger partial charge in [0.15, 0.2) is 5.82 Å². The Kier molecular flexibility index (Phi) is 3.83. The molecular formula is C19H18BN3O2. The highest BCUT2D eigenvalue weighted by atomic mass is 16.4. The molecule has 2 radical (unpaired) electrons. The summed E-state index contributed by atoms with van der Waals surface area (Å²) in [6.07, 6.45) is 7.94. The number of benzene rings is 1. The minimum Gasteiger partial charge on any atom is -0.478 e. The molecule has 1 aliphatic rings. The van der Waals surface area contributed by atoms with Crippen LogP contribution < -0.4 is 5.46 Å². The molecule has 5 nitrogen and oxygen atoms in total. The predicted octanol–water partition coefficient (Wildman–Crippen LogP) is 2.78. The lowest BCUT2D eigenvalue weighted by Crippen LogP contribution is -2.08. The zero-order chi connectivity index (χ0) is 17.6. The number of rotatable bonds is 3. The number of fused-ring (bicyclic) bond motifs is 1. The van der Waals surface area contributed by atoms with Gasteiger partial charge >= 0.3 is 5.97 Å². The fraction of sp³-hybridized carbons (Fsp3) is 0.316. The molecule has 1 saturated carbocycles. The van der Waals surface area contributed by atoms with Crippen molar-refractivity contribution in [2.45, 2.75) is 31.6 Å². The lowest BCUT2D eigenvalue weighted by molar-refractivity contribution is 0.0697. The summed E-state index contributed by atoms with van der Waals surface area (Å²) in [5, 5.41) is 10.4. The van der Waals surface area contributed by atoms with Crippen LogP contribution in [0.15, 0.2) is 30.6 Å². The van der Waals surface area contributed by atoms with Gasteiger partial charge in [-0.1, -0.05) is 24.4 Å². The van der Waals surface area contributed by atoms with E-state index in [-0.39, 0.29) is 5.56 Å². The van der Waals surface area contributed by atoms with Crippen LogP contribution in [0, 0.1) is 0 Å². The molecule has 6 heteroatoms. The van der Waals surface area contributed by atoms with Crippen molar-refractivity contribution in [2.24, 2.45) is 7.05 Å². The Bertz CT molecular complexity index is 957. The normalized spacial score (nSPS) is 15.1. The van der Waals surface area contributed by atoms with Crippen LogP contribution in [0.2, 0.25) is 0 Å². The van der Waals surface area contributed by atoms with E-state index < -0.39 is 5.97 Å². The van der Waals surface area contributed by atoms with Gasteiger partial charge in [-0.2, -0.15) is 0 Å². The van der Waals surface area contributed by atoms with Crippen molar-refractivity contribution in [3.63, 3.8) is 0 Å². The Morgan fingerprint density at radius 1 is 1.24 bits per heavy atom. The molecule has 0 unspecified atom stereocenters. The molecule has 1 N–H and O–H groups in total. The molecule has 0 spiro atoms. The molecule has 25 heavy (non-hydrogen) atoms. The van der Waals surface area contributed by atoms with E-state index in [0.29, 0.717) is 17.2 Å². The molecule has 124 valence electrons. The van der Waals surface area contributed by atoms with Crippen LogP contribution in [-0.4, -0.2) is 33.5 Å². The van der Waals surface area contributed by atoms with E-state index in [1.807, 2.05) is 17.7 Å². The average molecular weight is 331 g/mol. The molecule has 2 heterocycles. The van der Waals surface area contributed by atoms with Crippen molar-refractivity contribution >= 4 is 30.2 Å². The number of carbonyl (C=O) groups is 1. The number of carboxylic acid groups (broad SMARTS) is 1. The minimum absolute atomic E-state index is 0.288. The molecule has 1 aromatic carbocycles. The van der Waals surface area contributed by atoms with Crippen LogP contribution >= 0.6 is 0 Å². The van der Waals surface area contributed by atoms with Crippen LogP contribution in [0.1, 0.15) is 47.5 Å². The van der Waals surface area contributed by atoms with E-state index in [9.17, 15) is 9.90 Å². The minimum atomic E-state index is -0.921.